The summed E-state index contributed by atoms with van der Waals surface area (Å²) >= 11 is 0. The van der Waals surface area contributed by atoms with Crippen LogP contribution in [0.15, 0.2) is 18.2 Å². The van der Waals surface area contributed by atoms with Crippen molar-refractivity contribution in [2.24, 2.45) is 0 Å². The van der Waals surface area contributed by atoms with E-state index in [1.165, 1.54) is 19.2 Å². The van der Waals surface area contributed by atoms with Crippen molar-refractivity contribution < 1.29 is 14.6 Å². The lowest BCUT2D eigenvalue weighted by molar-refractivity contribution is 0.0990. The molecule has 0 saturated heterocycles. The van der Waals surface area contributed by atoms with E-state index in [4.69, 9.17) is 4.74 Å². The van der Waals surface area contributed by atoms with Crippen LogP contribution < -0.4 is 10.1 Å². The zero-order chi connectivity index (χ0) is 10.6. The lowest BCUT2D eigenvalue weighted by Crippen LogP contribution is -2.18. The Morgan fingerprint density at radius 3 is 2.86 bits per heavy atom. The van der Waals surface area contributed by atoms with Gasteiger partial charge in [-0.3, -0.25) is 4.79 Å². The summed E-state index contributed by atoms with van der Waals surface area (Å²) in [6, 6.07) is 4.57. The maximum Gasteiger partial charge on any atom is 0.180 e. The number of phenolic OH excluding ortho intramolecular Hbond substituents is 1. The highest BCUT2D eigenvalue weighted by Crippen LogP contribution is 2.22. The predicted molar refractivity (Wildman–Crippen MR) is 52.9 cm³/mol. The van der Waals surface area contributed by atoms with Gasteiger partial charge in [0.15, 0.2) is 5.78 Å². The molecule has 0 unspecified atom stereocenters. The first-order chi connectivity index (χ1) is 6.69. The van der Waals surface area contributed by atoms with Crippen LogP contribution in [0.5, 0.6) is 11.5 Å². The molecule has 0 aromatic heterocycles. The van der Waals surface area contributed by atoms with Gasteiger partial charge in [0, 0.05) is 0 Å². The Hall–Kier alpha value is -1.55. The second kappa shape index (κ2) is 4.62. The number of aromatic hydroxyl groups is 1. The van der Waals surface area contributed by atoms with Crippen molar-refractivity contribution in [1.29, 1.82) is 0 Å². The fraction of sp³-hybridized carbons (Fsp3) is 0.300. The van der Waals surface area contributed by atoms with Gasteiger partial charge in [0.05, 0.1) is 19.2 Å². The minimum atomic E-state index is -0.163. The maximum atomic E-state index is 11.5. The van der Waals surface area contributed by atoms with Crippen LogP contribution in [0.1, 0.15) is 10.4 Å². The molecule has 0 saturated carbocycles. The molecule has 1 aromatic carbocycles. The van der Waals surface area contributed by atoms with E-state index in [1.54, 1.807) is 13.1 Å². The number of carbonyl (C=O) groups excluding carboxylic acids is 1. The number of hydrogen-bond acceptors (Lipinski definition) is 4. The Kier molecular flexibility index (Phi) is 3.48. The van der Waals surface area contributed by atoms with Crippen molar-refractivity contribution in [1.82, 2.24) is 5.32 Å². The third-order valence-electron chi connectivity index (χ3n) is 1.84. The monoisotopic (exact) mass is 195 g/mol. The second-order valence-corrected chi connectivity index (χ2v) is 2.84. The number of phenols is 1. The summed E-state index contributed by atoms with van der Waals surface area (Å²) in [5, 5.41) is 12.2. The normalized spacial score (nSPS) is 9.86. The summed E-state index contributed by atoms with van der Waals surface area (Å²) < 4.78 is 4.95. The summed E-state index contributed by atoms with van der Waals surface area (Å²) in [5.41, 5.74) is 0.277. The summed E-state index contributed by atoms with van der Waals surface area (Å²) in [6.45, 7) is 0.195. The summed E-state index contributed by atoms with van der Waals surface area (Å²) in [4.78, 5) is 11.5. The van der Waals surface area contributed by atoms with E-state index in [2.05, 4.69) is 5.32 Å². The predicted octanol–water partition coefficient (Wildman–Crippen LogP) is 0.803. The first-order valence-corrected chi connectivity index (χ1v) is 4.24. The molecule has 76 valence electrons. The molecule has 0 aliphatic carbocycles. The number of nitrogens with one attached hydrogen (secondary N) is 1. The Bertz CT molecular complexity index is 336. The molecule has 0 fully saturated rings. The molecule has 2 N–H and O–H groups in total. The highest BCUT2D eigenvalue weighted by atomic mass is 16.5. The van der Waals surface area contributed by atoms with Crippen molar-refractivity contribution >= 4 is 5.78 Å². The molecule has 0 radical (unpaired) electrons. The summed E-state index contributed by atoms with van der Waals surface area (Å²) in [6.07, 6.45) is 0. The van der Waals surface area contributed by atoms with E-state index in [0.29, 0.717) is 5.75 Å². The number of carbonyl (C=O) groups is 1. The van der Waals surface area contributed by atoms with Crippen molar-refractivity contribution in [3.05, 3.63) is 23.8 Å². The van der Waals surface area contributed by atoms with Gasteiger partial charge in [-0.2, -0.15) is 0 Å². The fourth-order valence-corrected chi connectivity index (χ4v) is 1.12. The number of hydrogen-bond donors (Lipinski definition) is 2. The van der Waals surface area contributed by atoms with Gasteiger partial charge in [0.2, 0.25) is 0 Å². The molecule has 14 heavy (non-hydrogen) atoms. The van der Waals surface area contributed by atoms with Crippen LogP contribution in [0.2, 0.25) is 0 Å². The van der Waals surface area contributed by atoms with Crippen LogP contribution in [0.25, 0.3) is 0 Å². The minimum Gasteiger partial charge on any atom is -0.507 e. The molecule has 0 spiro atoms. The van der Waals surface area contributed by atoms with E-state index in [-0.39, 0.29) is 23.6 Å². The molecular formula is C10H13NO3. The molecule has 1 rings (SSSR count). The van der Waals surface area contributed by atoms with Gasteiger partial charge in [-0.05, 0) is 25.2 Å². The van der Waals surface area contributed by atoms with Gasteiger partial charge in [-0.15, -0.1) is 0 Å². The Labute approximate surface area is 82.5 Å². The Balaban J connectivity index is 2.99. The Morgan fingerprint density at radius 1 is 1.57 bits per heavy atom. The number of likely N-dealkylation sites (N-methyl/N-ethyl adjacent to an activating group) is 1. The van der Waals surface area contributed by atoms with Crippen molar-refractivity contribution in [3.8, 4) is 11.5 Å². The highest BCUT2D eigenvalue weighted by Gasteiger charge is 2.10. The van der Waals surface area contributed by atoms with E-state index in [0.717, 1.165) is 0 Å². The van der Waals surface area contributed by atoms with Gasteiger partial charge in [-0.25, -0.2) is 0 Å². The van der Waals surface area contributed by atoms with E-state index < -0.39 is 0 Å². The van der Waals surface area contributed by atoms with Crippen LogP contribution in [-0.4, -0.2) is 31.6 Å². The quantitative estimate of drug-likeness (QED) is 0.698. The first-order valence-electron chi connectivity index (χ1n) is 4.24. The summed E-state index contributed by atoms with van der Waals surface area (Å²) in [7, 11) is 3.19. The van der Waals surface area contributed by atoms with E-state index in [1.807, 2.05) is 0 Å². The van der Waals surface area contributed by atoms with E-state index in [9.17, 15) is 9.90 Å². The highest BCUT2D eigenvalue weighted by molar-refractivity contribution is 6.00. The number of ether oxygens (including phenoxy) is 1. The van der Waals surface area contributed by atoms with Crippen molar-refractivity contribution in [3.63, 3.8) is 0 Å². The average Bonchev–Trinajstić information content (AvgIpc) is 2.19. The zero-order valence-corrected chi connectivity index (χ0v) is 8.20. The SMILES string of the molecule is CNCC(=O)c1cc(OC)ccc1O. The molecule has 0 heterocycles. The number of rotatable bonds is 4. The smallest absolute Gasteiger partial charge is 0.180 e. The fourth-order valence-electron chi connectivity index (χ4n) is 1.12. The van der Waals surface area contributed by atoms with Gasteiger partial charge in [-0.1, -0.05) is 0 Å². The first kappa shape index (κ1) is 10.5. The molecule has 0 aliphatic heterocycles. The average molecular weight is 195 g/mol. The van der Waals surface area contributed by atoms with Gasteiger partial charge in [0.25, 0.3) is 0 Å². The van der Waals surface area contributed by atoms with Crippen LogP contribution in [0, 0.1) is 0 Å². The van der Waals surface area contributed by atoms with Crippen LogP contribution in [0.4, 0.5) is 0 Å². The summed E-state index contributed by atoms with van der Waals surface area (Å²) in [5.74, 6) is 0.372. The second-order valence-electron chi connectivity index (χ2n) is 2.84. The third kappa shape index (κ3) is 2.23. The maximum absolute atomic E-state index is 11.5. The molecule has 4 heteroatoms. The van der Waals surface area contributed by atoms with E-state index >= 15 is 0 Å². The van der Waals surface area contributed by atoms with Gasteiger partial charge < -0.3 is 15.2 Å². The number of Topliss-reactive ketones (excluding diaryl/α,β-unsaturated/α-hetero) is 1. The third-order valence-corrected chi connectivity index (χ3v) is 1.84. The number of benzene rings is 1. The molecule has 0 bridgehead atoms. The zero-order valence-electron chi connectivity index (χ0n) is 8.20. The molecule has 0 atom stereocenters. The Morgan fingerprint density at radius 2 is 2.29 bits per heavy atom. The van der Waals surface area contributed by atoms with Crippen molar-refractivity contribution in [2.75, 3.05) is 20.7 Å². The lowest BCUT2D eigenvalue weighted by atomic mass is 10.1. The van der Waals surface area contributed by atoms with Gasteiger partial charge in [0.1, 0.15) is 11.5 Å². The molecule has 4 nitrogen and oxygen atoms in total. The molecule has 1 aromatic rings. The molecule has 0 amide bonds. The molecule has 0 aliphatic rings. The lowest BCUT2D eigenvalue weighted by Gasteiger charge is -2.05. The van der Waals surface area contributed by atoms with Gasteiger partial charge >= 0.3 is 0 Å². The minimum absolute atomic E-state index is 0.0222. The number of ketones is 1. The standard InChI is InChI=1S/C10H13NO3/c1-11-6-10(13)8-5-7(14-2)3-4-9(8)12/h3-5,11-12H,6H2,1-2H3. The molecular weight excluding hydrogens is 182 g/mol. The van der Waals surface area contributed by atoms with Crippen LogP contribution >= 0.6 is 0 Å². The number of methoxy groups -OCH3 is 1. The van der Waals surface area contributed by atoms with Crippen molar-refractivity contribution in [2.45, 2.75) is 0 Å². The largest absolute Gasteiger partial charge is 0.507 e. The van der Waals surface area contributed by atoms with Crippen LogP contribution in [-0.2, 0) is 0 Å². The van der Waals surface area contributed by atoms with Crippen LogP contribution in [0.3, 0.4) is 0 Å². The topological polar surface area (TPSA) is 58.6 Å².